The maximum Gasteiger partial charge on any atom is 0.416 e. The number of allylic oxidation sites excluding steroid dienone is 1. The van der Waals surface area contributed by atoms with Crippen molar-refractivity contribution in [2.24, 2.45) is 22.2 Å². The summed E-state index contributed by atoms with van der Waals surface area (Å²) in [6.07, 6.45) is -5.18. The molecule has 1 unspecified atom stereocenters. The van der Waals surface area contributed by atoms with E-state index in [2.05, 4.69) is 20.3 Å². The van der Waals surface area contributed by atoms with Crippen molar-refractivity contribution in [1.29, 1.82) is 0 Å². The number of hydrogen-bond donors (Lipinski definition) is 1. The Hall–Kier alpha value is -4.05. The van der Waals surface area contributed by atoms with Crippen LogP contribution in [0, 0.1) is 17.3 Å². The predicted octanol–water partition coefficient (Wildman–Crippen LogP) is 8.72. The van der Waals surface area contributed by atoms with Crippen LogP contribution in [0.3, 0.4) is 0 Å². The number of halogens is 9. The van der Waals surface area contributed by atoms with Crippen LogP contribution in [0.1, 0.15) is 81.4 Å². The van der Waals surface area contributed by atoms with Gasteiger partial charge in [0, 0.05) is 45.1 Å². The first-order valence-electron chi connectivity index (χ1n) is 17.8. The van der Waals surface area contributed by atoms with Gasteiger partial charge in [0.1, 0.15) is 17.1 Å². The van der Waals surface area contributed by atoms with Gasteiger partial charge in [-0.05, 0) is 80.9 Å². The zero-order valence-corrected chi connectivity index (χ0v) is 29.3. The van der Waals surface area contributed by atoms with Gasteiger partial charge in [-0.3, -0.25) is 4.79 Å². The maximum atomic E-state index is 15.0. The number of esters is 1. The second-order valence-corrected chi connectivity index (χ2v) is 13.9. The van der Waals surface area contributed by atoms with Crippen molar-refractivity contribution < 1.29 is 49.0 Å². The van der Waals surface area contributed by atoms with Gasteiger partial charge in [-0.2, -0.15) is 44.5 Å². The van der Waals surface area contributed by atoms with E-state index in [4.69, 9.17) is 4.74 Å². The number of carbonyl (C=O) groups is 1. The number of ether oxygens (including phenoxy) is 1. The summed E-state index contributed by atoms with van der Waals surface area (Å²) in [6, 6.07) is 2.42. The van der Waals surface area contributed by atoms with Gasteiger partial charge in [0.2, 0.25) is 5.95 Å². The van der Waals surface area contributed by atoms with E-state index in [1.54, 1.807) is 11.8 Å². The van der Waals surface area contributed by atoms with Crippen LogP contribution in [-0.2, 0) is 28.4 Å². The summed E-state index contributed by atoms with van der Waals surface area (Å²) in [5.74, 6) is 0.127. The SMILES string of the molecule is CCOC(=O)C1CCN(c2ccnc(N(Cc3cc(C(F)(F)F)cc(C(F)(F)F)c3)CC3(C(F)(F)F)C=NC(NCCCC4CCCC4)=CC3)n2)CC1. The highest BCUT2D eigenvalue weighted by Gasteiger charge is 2.55. The first-order chi connectivity index (χ1) is 25.0. The lowest BCUT2D eigenvalue weighted by Crippen LogP contribution is -2.50. The Balaban J connectivity index is 1.43. The molecule has 3 aliphatic rings. The van der Waals surface area contributed by atoms with Crippen LogP contribution in [0.4, 0.5) is 51.3 Å². The number of anilines is 2. The van der Waals surface area contributed by atoms with E-state index in [0.29, 0.717) is 50.5 Å². The number of benzene rings is 1. The Bertz CT molecular complexity index is 1580. The molecule has 17 heteroatoms. The summed E-state index contributed by atoms with van der Waals surface area (Å²) >= 11 is 0. The van der Waals surface area contributed by atoms with Crippen molar-refractivity contribution >= 4 is 24.0 Å². The fourth-order valence-electron chi connectivity index (χ4n) is 7.13. The first-order valence-corrected chi connectivity index (χ1v) is 17.8. The summed E-state index contributed by atoms with van der Waals surface area (Å²) in [5.41, 5.74) is -6.43. The minimum absolute atomic E-state index is 0.0387. The summed E-state index contributed by atoms with van der Waals surface area (Å²) < 4.78 is 133. The topological polar surface area (TPSA) is 83.0 Å². The number of nitrogens with one attached hydrogen (secondary N) is 1. The predicted molar refractivity (Wildman–Crippen MR) is 180 cm³/mol. The minimum atomic E-state index is -5.17. The third kappa shape index (κ3) is 10.3. The lowest BCUT2D eigenvalue weighted by Gasteiger charge is -2.38. The first kappa shape index (κ1) is 40.1. The molecule has 2 aromatic rings. The van der Waals surface area contributed by atoms with Crippen molar-refractivity contribution in [2.45, 2.75) is 89.8 Å². The quantitative estimate of drug-likeness (QED) is 0.124. The monoisotopic (exact) mass is 762 g/mol. The van der Waals surface area contributed by atoms with E-state index < -0.39 is 60.1 Å². The van der Waals surface area contributed by atoms with E-state index in [1.807, 2.05) is 0 Å². The number of carbonyl (C=O) groups excluding carboxylic acids is 1. The van der Waals surface area contributed by atoms with Gasteiger partial charge in [0.15, 0.2) is 0 Å². The van der Waals surface area contributed by atoms with Crippen LogP contribution >= 0.6 is 0 Å². The maximum absolute atomic E-state index is 15.0. The van der Waals surface area contributed by atoms with Crippen LogP contribution in [0.5, 0.6) is 0 Å². The molecular formula is C36H43F9N6O2. The molecule has 0 radical (unpaired) electrons. The molecule has 53 heavy (non-hydrogen) atoms. The van der Waals surface area contributed by atoms with Gasteiger partial charge in [-0.15, -0.1) is 0 Å². The average Bonchev–Trinajstić information content (AvgIpc) is 3.63. The van der Waals surface area contributed by atoms with E-state index in [1.165, 1.54) is 44.0 Å². The van der Waals surface area contributed by atoms with Gasteiger partial charge < -0.3 is 19.9 Å². The van der Waals surface area contributed by atoms with E-state index in [-0.39, 0.29) is 42.1 Å². The standard InChI is InChI=1S/C36H43F9N6O2/c1-2-53-31(52)26-11-16-50(17-12-26)30-10-15-47-32(49-30)51(21-25-18-27(34(37,38)39)20-28(19-25)35(40,41)42)23-33(36(43,44)45)13-9-29(48-22-33)46-14-5-8-24-6-3-4-7-24/h9-10,15,18-20,22,24,26,46H,2-8,11-14,16-17,21,23H2,1H3. The highest BCUT2D eigenvalue weighted by atomic mass is 19.4. The van der Waals surface area contributed by atoms with Gasteiger partial charge >= 0.3 is 24.5 Å². The zero-order valence-electron chi connectivity index (χ0n) is 29.3. The molecule has 8 nitrogen and oxygen atoms in total. The fourth-order valence-corrected chi connectivity index (χ4v) is 7.13. The van der Waals surface area contributed by atoms with Crippen LogP contribution in [0.15, 0.2) is 47.4 Å². The molecule has 1 atom stereocenters. The zero-order chi connectivity index (χ0) is 38.4. The van der Waals surface area contributed by atoms with Crippen molar-refractivity contribution in [3.63, 3.8) is 0 Å². The van der Waals surface area contributed by atoms with Crippen LogP contribution < -0.4 is 15.1 Å². The number of aromatic nitrogens is 2. The van der Waals surface area contributed by atoms with Crippen LogP contribution in [0.25, 0.3) is 0 Å². The van der Waals surface area contributed by atoms with Crippen molar-refractivity contribution in [3.05, 3.63) is 59.0 Å². The Morgan fingerprint density at radius 2 is 1.64 bits per heavy atom. The lowest BCUT2D eigenvalue weighted by molar-refractivity contribution is -0.192. The number of nitrogens with zero attached hydrogens (tertiary/aromatic N) is 5. The molecule has 0 amide bonds. The molecule has 0 bridgehead atoms. The van der Waals surface area contributed by atoms with Crippen LogP contribution in [-0.4, -0.2) is 61.1 Å². The van der Waals surface area contributed by atoms with Gasteiger partial charge in [-0.1, -0.05) is 25.7 Å². The van der Waals surface area contributed by atoms with Gasteiger partial charge in [0.25, 0.3) is 0 Å². The smallest absolute Gasteiger partial charge is 0.416 e. The Morgan fingerprint density at radius 3 is 2.21 bits per heavy atom. The molecule has 2 aliphatic heterocycles. The molecule has 1 aromatic heterocycles. The van der Waals surface area contributed by atoms with Crippen molar-refractivity contribution in [1.82, 2.24) is 15.3 Å². The Morgan fingerprint density at radius 1 is 0.981 bits per heavy atom. The summed E-state index contributed by atoms with van der Waals surface area (Å²) in [6.45, 7) is 1.32. The van der Waals surface area contributed by atoms with E-state index in [0.717, 1.165) is 24.0 Å². The number of rotatable bonds is 13. The second-order valence-electron chi connectivity index (χ2n) is 13.9. The molecule has 1 saturated heterocycles. The average molecular weight is 763 g/mol. The van der Waals surface area contributed by atoms with Gasteiger partial charge in [0.05, 0.1) is 23.7 Å². The summed E-state index contributed by atoms with van der Waals surface area (Å²) in [7, 11) is 0. The molecule has 2 fully saturated rings. The van der Waals surface area contributed by atoms with Crippen molar-refractivity contribution in [2.75, 3.05) is 42.6 Å². The molecule has 0 spiro atoms. The minimum Gasteiger partial charge on any atom is -0.466 e. The molecule has 292 valence electrons. The van der Waals surface area contributed by atoms with Crippen molar-refractivity contribution in [3.8, 4) is 0 Å². The van der Waals surface area contributed by atoms with E-state index >= 15 is 13.2 Å². The Kier molecular flexibility index (Phi) is 12.5. The number of alkyl halides is 9. The molecule has 5 rings (SSSR count). The van der Waals surface area contributed by atoms with Gasteiger partial charge in [-0.25, -0.2) is 9.98 Å². The summed E-state index contributed by atoms with van der Waals surface area (Å²) in [4.78, 5) is 27.7. The highest BCUT2D eigenvalue weighted by molar-refractivity contribution is 5.73. The number of hydrogen-bond acceptors (Lipinski definition) is 8. The third-order valence-electron chi connectivity index (χ3n) is 10.1. The number of piperidine rings is 1. The molecule has 1 aromatic carbocycles. The largest absolute Gasteiger partial charge is 0.466 e. The Labute approximate surface area is 301 Å². The lowest BCUT2D eigenvalue weighted by atomic mass is 9.82. The molecule has 3 heterocycles. The summed E-state index contributed by atoms with van der Waals surface area (Å²) in [5, 5.41) is 3.07. The third-order valence-corrected chi connectivity index (χ3v) is 10.1. The molecule has 1 saturated carbocycles. The molecule has 1 aliphatic carbocycles. The highest BCUT2D eigenvalue weighted by Crippen LogP contribution is 2.44. The number of aliphatic imine (C=N–C) groups is 1. The molecular weight excluding hydrogens is 719 g/mol. The normalized spacial score (nSPS) is 20.4. The van der Waals surface area contributed by atoms with Crippen LogP contribution in [0.2, 0.25) is 0 Å². The second kappa shape index (κ2) is 16.5. The van der Waals surface area contributed by atoms with E-state index in [9.17, 15) is 31.1 Å². The molecule has 1 N–H and O–H groups in total. The fraction of sp³-hybridized carbons (Fsp3) is 0.611.